The van der Waals surface area contributed by atoms with Crippen molar-refractivity contribution in [3.05, 3.63) is 0 Å². The molecule has 106 valence electrons. The van der Waals surface area contributed by atoms with Crippen molar-refractivity contribution in [1.82, 2.24) is 10.2 Å². The summed E-state index contributed by atoms with van der Waals surface area (Å²) in [6.45, 7) is 11.8. The molecule has 0 amide bonds. The normalized spacial score (nSPS) is 25.6. The van der Waals surface area contributed by atoms with E-state index in [0.29, 0.717) is 12.1 Å². The minimum Gasteiger partial charge on any atom is -0.460 e. The minimum atomic E-state index is -0.395. The maximum absolute atomic E-state index is 12.1. The molecule has 0 radical (unpaired) electrons. The molecular weight excluding hydrogens is 228 g/mol. The van der Waals surface area contributed by atoms with E-state index in [2.05, 4.69) is 31.1 Å². The van der Waals surface area contributed by atoms with Crippen LogP contribution in [0.2, 0.25) is 0 Å². The molecule has 0 bridgehead atoms. The van der Waals surface area contributed by atoms with Crippen LogP contribution in [0.15, 0.2) is 0 Å². The van der Waals surface area contributed by atoms with E-state index in [4.69, 9.17) is 4.74 Å². The number of hydrogen-bond acceptors (Lipinski definition) is 4. The maximum Gasteiger partial charge on any atom is 0.310 e. The van der Waals surface area contributed by atoms with Crippen LogP contribution in [0.25, 0.3) is 0 Å². The molecule has 1 aliphatic rings. The maximum atomic E-state index is 12.1. The van der Waals surface area contributed by atoms with E-state index < -0.39 is 5.60 Å². The van der Waals surface area contributed by atoms with Gasteiger partial charge >= 0.3 is 5.97 Å². The number of rotatable bonds is 3. The van der Waals surface area contributed by atoms with Gasteiger partial charge in [-0.25, -0.2) is 0 Å². The summed E-state index contributed by atoms with van der Waals surface area (Å²) in [6, 6.07) is 0.908. The predicted molar refractivity (Wildman–Crippen MR) is 73.5 cm³/mol. The summed E-state index contributed by atoms with van der Waals surface area (Å²) in [4.78, 5) is 14.4. The zero-order valence-electron chi connectivity index (χ0n) is 12.6. The summed E-state index contributed by atoms with van der Waals surface area (Å²) in [5.41, 5.74) is -0.395. The molecule has 1 N–H and O–H groups in total. The quantitative estimate of drug-likeness (QED) is 0.780. The number of carbonyl (C=O) groups is 1. The van der Waals surface area contributed by atoms with Crippen LogP contribution in [-0.4, -0.2) is 48.7 Å². The summed E-state index contributed by atoms with van der Waals surface area (Å²) < 4.78 is 5.47. The van der Waals surface area contributed by atoms with E-state index in [1.807, 2.05) is 20.8 Å². The molecule has 0 aliphatic carbocycles. The van der Waals surface area contributed by atoms with Gasteiger partial charge in [-0.15, -0.1) is 0 Å². The third-order valence-electron chi connectivity index (χ3n) is 3.46. The predicted octanol–water partition coefficient (Wildman–Crippen LogP) is 1.65. The Bertz CT molecular complexity index is 284. The largest absolute Gasteiger partial charge is 0.460 e. The van der Waals surface area contributed by atoms with E-state index in [1.54, 1.807) is 0 Å². The molecule has 1 rings (SSSR count). The average molecular weight is 256 g/mol. The summed E-state index contributed by atoms with van der Waals surface area (Å²) in [6.07, 6.45) is 0.886. The standard InChI is InChI=1S/C14H28N2O2/c1-10(2)16(6)12-7-11(8-15-9-12)13(17)18-14(3,4)5/h10-12,15H,7-9H2,1-6H3. The first-order valence-electron chi connectivity index (χ1n) is 6.86. The Labute approximate surface area is 111 Å². The monoisotopic (exact) mass is 256 g/mol. The van der Waals surface area contributed by atoms with Crippen molar-refractivity contribution in [1.29, 1.82) is 0 Å². The van der Waals surface area contributed by atoms with E-state index >= 15 is 0 Å². The number of piperidine rings is 1. The van der Waals surface area contributed by atoms with Crippen LogP contribution in [0.1, 0.15) is 41.0 Å². The second kappa shape index (κ2) is 6.02. The smallest absolute Gasteiger partial charge is 0.310 e. The van der Waals surface area contributed by atoms with Crippen LogP contribution in [0.4, 0.5) is 0 Å². The number of nitrogens with zero attached hydrogens (tertiary/aromatic N) is 1. The lowest BCUT2D eigenvalue weighted by atomic mass is 9.94. The van der Waals surface area contributed by atoms with Crippen LogP contribution in [-0.2, 0) is 9.53 Å². The highest BCUT2D eigenvalue weighted by Gasteiger charge is 2.32. The second-order valence-electron chi connectivity index (χ2n) is 6.54. The molecule has 1 saturated heterocycles. The molecule has 0 aromatic heterocycles. The van der Waals surface area contributed by atoms with Crippen molar-refractivity contribution >= 4 is 5.97 Å². The number of nitrogens with one attached hydrogen (secondary N) is 1. The molecule has 2 atom stereocenters. The van der Waals surface area contributed by atoms with Crippen LogP contribution in [0.3, 0.4) is 0 Å². The number of hydrogen-bond donors (Lipinski definition) is 1. The Morgan fingerprint density at radius 2 is 1.94 bits per heavy atom. The Morgan fingerprint density at radius 3 is 2.44 bits per heavy atom. The first kappa shape index (κ1) is 15.4. The molecule has 18 heavy (non-hydrogen) atoms. The summed E-state index contributed by atoms with van der Waals surface area (Å²) >= 11 is 0. The molecule has 2 unspecified atom stereocenters. The number of likely N-dealkylation sites (N-methyl/N-ethyl adjacent to an activating group) is 1. The van der Waals surface area contributed by atoms with Gasteiger partial charge in [0.1, 0.15) is 5.60 Å². The van der Waals surface area contributed by atoms with Crippen molar-refractivity contribution < 1.29 is 9.53 Å². The highest BCUT2D eigenvalue weighted by molar-refractivity contribution is 5.73. The van der Waals surface area contributed by atoms with Gasteiger partial charge < -0.3 is 10.1 Å². The molecular formula is C14H28N2O2. The lowest BCUT2D eigenvalue weighted by Crippen LogP contribution is -2.51. The Kier molecular flexibility index (Phi) is 5.17. The van der Waals surface area contributed by atoms with Crippen molar-refractivity contribution in [2.45, 2.75) is 58.7 Å². The van der Waals surface area contributed by atoms with Crippen molar-refractivity contribution in [2.24, 2.45) is 5.92 Å². The van der Waals surface area contributed by atoms with Gasteiger partial charge in [0.05, 0.1) is 5.92 Å². The third-order valence-corrected chi connectivity index (χ3v) is 3.46. The van der Waals surface area contributed by atoms with Gasteiger partial charge in [0.25, 0.3) is 0 Å². The number of esters is 1. The molecule has 1 aliphatic heterocycles. The molecule has 4 heteroatoms. The van der Waals surface area contributed by atoms with Gasteiger partial charge in [0.15, 0.2) is 0 Å². The molecule has 0 aromatic carbocycles. The van der Waals surface area contributed by atoms with Gasteiger partial charge in [-0.3, -0.25) is 9.69 Å². The highest BCUT2D eigenvalue weighted by Crippen LogP contribution is 2.20. The fourth-order valence-electron chi connectivity index (χ4n) is 2.22. The van der Waals surface area contributed by atoms with Crippen LogP contribution in [0.5, 0.6) is 0 Å². The highest BCUT2D eigenvalue weighted by atomic mass is 16.6. The lowest BCUT2D eigenvalue weighted by molar-refractivity contribution is -0.161. The molecule has 1 fully saturated rings. The average Bonchev–Trinajstić information content (AvgIpc) is 2.25. The number of ether oxygens (including phenoxy) is 1. The van der Waals surface area contributed by atoms with Gasteiger partial charge in [-0.1, -0.05) is 0 Å². The van der Waals surface area contributed by atoms with Crippen LogP contribution < -0.4 is 5.32 Å². The summed E-state index contributed by atoms with van der Waals surface area (Å²) in [5.74, 6) is -0.0963. The van der Waals surface area contributed by atoms with Crippen molar-refractivity contribution in [2.75, 3.05) is 20.1 Å². The Hall–Kier alpha value is -0.610. The first-order valence-corrected chi connectivity index (χ1v) is 6.86. The van der Waals surface area contributed by atoms with E-state index in [9.17, 15) is 4.79 Å². The van der Waals surface area contributed by atoms with Crippen LogP contribution in [0, 0.1) is 5.92 Å². The topological polar surface area (TPSA) is 41.6 Å². The molecule has 4 nitrogen and oxygen atoms in total. The van der Waals surface area contributed by atoms with Crippen LogP contribution >= 0.6 is 0 Å². The summed E-state index contributed by atoms with van der Waals surface area (Å²) in [5, 5.41) is 3.34. The SMILES string of the molecule is CC(C)N(C)C1CNCC(C(=O)OC(C)(C)C)C1. The van der Waals surface area contributed by atoms with E-state index in [-0.39, 0.29) is 11.9 Å². The second-order valence-corrected chi connectivity index (χ2v) is 6.54. The molecule has 0 spiro atoms. The zero-order chi connectivity index (χ0) is 13.9. The van der Waals surface area contributed by atoms with Gasteiger partial charge in [0.2, 0.25) is 0 Å². The number of carbonyl (C=O) groups excluding carboxylic acids is 1. The van der Waals surface area contributed by atoms with Gasteiger partial charge in [0, 0.05) is 25.2 Å². The Morgan fingerprint density at radius 1 is 1.33 bits per heavy atom. The lowest BCUT2D eigenvalue weighted by Gasteiger charge is -2.37. The fraction of sp³-hybridized carbons (Fsp3) is 0.929. The van der Waals surface area contributed by atoms with Crippen molar-refractivity contribution in [3.8, 4) is 0 Å². The summed E-state index contributed by atoms with van der Waals surface area (Å²) in [7, 11) is 2.12. The molecule has 0 saturated carbocycles. The third kappa shape index (κ3) is 4.58. The van der Waals surface area contributed by atoms with E-state index in [1.165, 1.54) is 0 Å². The van der Waals surface area contributed by atoms with E-state index in [0.717, 1.165) is 19.5 Å². The van der Waals surface area contributed by atoms with Gasteiger partial charge in [-0.05, 0) is 48.1 Å². The van der Waals surface area contributed by atoms with Crippen molar-refractivity contribution in [3.63, 3.8) is 0 Å². The molecule has 0 aromatic rings. The molecule has 1 heterocycles. The zero-order valence-corrected chi connectivity index (χ0v) is 12.6. The fourth-order valence-corrected chi connectivity index (χ4v) is 2.22. The minimum absolute atomic E-state index is 0.0239. The first-order chi connectivity index (χ1) is 8.20. The Balaban J connectivity index is 2.56. The van der Waals surface area contributed by atoms with Gasteiger partial charge in [-0.2, -0.15) is 0 Å².